The Morgan fingerprint density at radius 2 is 1.90 bits per heavy atom. The SMILES string of the molecule is COCOC1(C)CCCC1. The van der Waals surface area contributed by atoms with E-state index in [1.807, 2.05) is 0 Å². The van der Waals surface area contributed by atoms with Crippen LogP contribution in [0, 0.1) is 0 Å². The molecule has 0 radical (unpaired) electrons. The largest absolute Gasteiger partial charge is 0.359 e. The molecule has 0 spiro atoms. The maximum Gasteiger partial charge on any atom is 0.147 e. The van der Waals surface area contributed by atoms with Gasteiger partial charge in [0.05, 0.1) is 5.60 Å². The van der Waals surface area contributed by atoms with E-state index in [2.05, 4.69) is 6.92 Å². The van der Waals surface area contributed by atoms with Gasteiger partial charge in [-0.15, -0.1) is 0 Å². The molecule has 0 aromatic carbocycles. The lowest BCUT2D eigenvalue weighted by Gasteiger charge is -2.23. The first kappa shape index (κ1) is 8.02. The summed E-state index contributed by atoms with van der Waals surface area (Å²) in [6.45, 7) is 2.61. The quantitative estimate of drug-likeness (QED) is 0.563. The molecule has 0 saturated heterocycles. The Morgan fingerprint density at radius 3 is 2.40 bits per heavy atom. The van der Waals surface area contributed by atoms with Crippen LogP contribution in [0.4, 0.5) is 0 Å². The molecule has 10 heavy (non-hydrogen) atoms. The lowest BCUT2D eigenvalue weighted by Crippen LogP contribution is -2.25. The summed E-state index contributed by atoms with van der Waals surface area (Å²) in [4.78, 5) is 0. The minimum atomic E-state index is 0.121. The van der Waals surface area contributed by atoms with Crippen LogP contribution in [-0.4, -0.2) is 19.5 Å². The van der Waals surface area contributed by atoms with Gasteiger partial charge in [-0.25, -0.2) is 0 Å². The molecule has 0 aromatic heterocycles. The topological polar surface area (TPSA) is 18.5 Å². The van der Waals surface area contributed by atoms with Crippen LogP contribution >= 0.6 is 0 Å². The molecular weight excluding hydrogens is 128 g/mol. The van der Waals surface area contributed by atoms with E-state index in [4.69, 9.17) is 9.47 Å². The van der Waals surface area contributed by atoms with Gasteiger partial charge in [0.15, 0.2) is 0 Å². The molecule has 2 heteroatoms. The van der Waals surface area contributed by atoms with Crippen molar-refractivity contribution in [3.63, 3.8) is 0 Å². The first-order chi connectivity index (χ1) is 4.77. The molecule has 1 aliphatic rings. The van der Waals surface area contributed by atoms with Crippen molar-refractivity contribution in [1.29, 1.82) is 0 Å². The standard InChI is InChI=1S/C8H16O2/c1-8(10-7-9-2)5-3-4-6-8/h3-7H2,1-2H3. The molecule has 0 N–H and O–H groups in total. The highest BCUT2D eigenvalue weighted by Gasteiger charge is 2.28. The first-order valence-electron chi connectivity index (χ1n) is 3.90. The molecule has 1 rings (SSSR count). The highest BCUT2D eigenvalue weighted by atomic mass is 16.7. The molecule has 0 aromatic rings. The van der Waals surface area contributed by atoms with Crippen LogP contribution in [0.2, 0.25) is 0 Å². The van der Waals surface area contributed by atoms with Gasteiger partial charge in [-0.2, -0.15) is 0 Å². The van der Waals surface area contributed by atoms with Crippen molar-refractivity contribution in [2.45, 2.75) is 38.2 Å². The second kappa shape index (κ2) is 3.35. The Hall–Kier alpha value is -0.0800. The van der Waals surface area contributed by atoms with Crippen LogP contribution < -0.4 is 0 Å². The van der Waals surface area contributed by atoms with E-state index in [-0.39, 0.29) is 5.60 Å². The summed E-state index contributed by atoms with van der Waals surface area (Å²) in [5.74, 6) is 0. The lowest BCUT2D eigenvalue weighted by atomic mass is 10.1. The Bertz CT molecular complexity index is 95.4. The van der Waals surface area contributed by atoms with E-state index in [0.29, 0.717) is 6.79 Å². The van der Waals surface area contributed by atoms with Crippen molar-refractivity contribution in [3.8, 4) is 0 Å². The minimum Gasteiger partial charge on any atom is -0.359 e. The number of hydrogen-bond acceptors (Lipinski definition) is 2. The van der Waals surface area contributed by atoms with Crippen molar-refractivity contribution in [3.05, 3.63) is 0 Å². The maximum absolute atomic E-state index is 5.52. The number of hydrogen-bond donors (Lipinski definition) is 0. The van der Waals surface area contributed by atoms with E-state index in [9.17, 15) is 0 Å². The number of ether oxygens (including phenoxy) is 2. The third-order valence-electron chi connectivity index (χ3n) is 2.19. The molecule has 1 fully saturated rings. The minimum absolute atomic E-state index is 0.121. The zero-order valence-corrected chi connectivity index (χ0v) is 6.85. The van der Waals surface area contributed by atoms with E-state index < -0.39 is 0 Å². The highest BCUT2D eigenvalue weighted by Crippen LogP contribution is 2.32. The monoisotopic (exact) mass is 144 g/mol. The summed E-state index contributed by atoms with van der Waals surface area (Å²) in [5.41, 5.74) is 0.121. The van der Waals surface area contributed by atoms with Gasteiger partial charge in [-0.3, -0.25) is 0 Å². The average Bonchev–Trinajstić information content (AvgIpc) is 2.33. The molecule has 0 aliphatic heterocycles. The van der Waals surface area contributed by atoms with Gasteiger partial charge in [-0.1, -0.05) is 12.8 Å². The molecule has 1 saturated carbocycles. The van der Waals surface area contributed by atoms with E-state index in [0.717, 1.165) is 0 Å². The third kappa shape index (κ3) is 1.96. The molecule has 1 aliphatic carbocycles. The van der Waals surface area contributed by atoms with Gasteiger partial charge < -0.3 is 9.47 Å². The molecule has 0 unspecified atom stereocenters. The zero-order chi connectivity index (χ0) is 7.45. The Balaban J connectivity index is 2.22. The average molecular weight is 144 g/mol. The van der Waals surface area contributed by atoms with Crippen molar-refractivity contribution in [2.24, 2.45) is 0 Å². The smallest absolute Gasteiger partial charge is 0.147 e. The summed E-state index contributed by atoms with van der Waals surface area (Å²) in [7, 11) is 1.66. The normalized spacial score (nSPS) is 23.4. The fourth-order valence-electron chi connectivity index (χ4n) is 1.47. The van der Waals surface area contributed by atoms with Crippen molar-refractivity contribution in [2.75, 3.05) is 13.9 Å². The number of methoxy groups -OCH3 is 1. The summed E-state index contributed by atoms with van der Waals surface area (Å²) < 4.78 is 10.4. The predicted octanol–water partition coefficient (Wildman–Crippen LogP) is 1.94. The summed E-state index contributed by atoms with van der Waals surface area (Å²) in [6.07, 6.45) is 4.99. The van der Waals surface area contributed by atoms with Gasteiger partial charge in [0.1, 0.15) is 6.79 Å². The van der Waals surface area contributed by atoms with Crippen molar-refractivity contribution >= 4 is 0 Å². The lowest BCUT2D eigenvalue weighted by molar-refractivity contribution is -0.119. The van der Waals surface area contributed by atoms with E-state index in [1.54, 1.807) is 7.11 Å². The molecule has 0 heterocycles. The van der Waals surface area contributed by atoms with Gasteiger partial charge in [0.25, 0.3) is 0 Å². The maximum atomic E-state index is 5.52. The van der Waals surface area contributed by atoms with Gasteiger partial charge >= 0.3 is 0 Å². The van der Waals surface area contributed by atoms with Gasteiger partial charge in [-0.05, 0) is 19.8 Å². The first-order valence-corrected chi connectivity index (χ1v) is 3.90. The van der Waals surface area contributed by atoms with Crippen LogP contribution in [0.5, 0.6) is 0 Å². The van der Waals surface area contributed by atoms with Crippen molar-refractivity contribution < 1.29 is 9.47 Å². The van der Waals surface area contributed by atoms with Crippen LogP contribution in [-0.2, 0) is 9.47 Å². The van der Waals surface area contributed by atoms with Gasteiger partial charge in [0.2, 0.25) is 0 Å². The Morgan fingerprint density at radius 1 is 1.30 bits per heavy atom. The van der Waals surface area contributed by atoms with Gasteiger partial charge in [0, 0.05) is 7.11 Å². The molecule has 2 nitrogen and oxygen atoms in total. The zero-order valence-electron chi connectivity index (χ0n) is 6.85. The molecular formula is C8H16O2. The summed E-state index contributed by atoms with van der Waals surface area (Å²) >= 11 is 0. The highest BCUT2D eigenvalue weighted by molar-refractivity contribution is 4.80. The molecule has 0 atom stereocenters. The van der Waals surface area contributed by atoms with Crippen LogP contribution in [0.1, 0.15) is 32.6 Å². The van der Waals surface area contributed by atoms with E-state index in [1.165, 1.54) is 25.7 Å². The molecule has 60 valence electrons. The predicted molar refractivity (Wildman–Crippen MR) is 39.8 cm³/mol. The molecule has 0 amide bonds. The third-order valence-corrected chi connectivity index (χ3v) is 2.19. The van der Waals surface area contributed by atoms with Crippen molar-refractivity contribution in [1.82, 2.24) is 0 Å². The fourth-order valence-corrected chi connectivity index (χ4v) is 1.47. The van der Waals surface area contributed by atoms with Crippen LogP contribution in [0.3, 0.4) is 0 Å². The second-order valence-electron chi connectivity index (χ2n) is 3.21. The fraction of sp³-hybridized carbons (Fsp3) is 1.00. The summed E-state index contributed by atoms with van der Waals surface area (Å²) in [6, 6.07) is 0. The van der Waals surface area contributed by atoms with Crippen LogP contribution in [0.25, 0.3) is 0 Å². The molecule has 0 bridgehead atoms. The number of rotatable bonds is 3. The van der Waals surface area contributed by atoms with Crippen LogP contribution in [0.15, 0.2) is 0 Å². The summed E-state index contributed by atoms with van der Waals surface area (Å²) in [5, 5.41) is 0. The van der Waals surface area contributed by atoms with E-state index >= 15 is 0 Å². The Labute approximate surface area is 62.5 Å². The Kier molecular flexibility index (Phi) is 2.69. The second-order valence-corrected chi connectivity index (χ2v) is 3.21.